The van der Waals surface area contributed by atoms with E-state index in [-0.39, 0.29) is 5.88 Å². The molecule has 0 fully saturated rings. The molecule has 20 heavy (non-hydrogen) atoms. The first-order valence-electron chi connectivity index (χ1n) is 5.79. The number of benzene rings is 2. The summed E-state index contributed by atoms with van der Waals surface area (Å²) in [6.45, 7) is 0. The Morgan fingerprint density at radius 2 is 1.95 bits per heavy atom. The van der Waals surface area contributed by atoms with E-state index < -0.39 is 5.82 Å². The van der Waals surface area contributed by atoms with E-state index in [9.17, 15) is 4.39 Å². The molecule has 0 N–H and O–H groups in total. The standard InChI is InChI=1S/C14H8Cl3FN2/c15-7-13-19-14-9(17)2-1-3-12(14)20(13)11-5-4-8(16)6-10(11)18/h1-6H,7H2. The van der Waals surface area contributed by atoms with Gasteiger partial charge in [0.2, 0.25) is 0 Å². The lowest BCUT2D eigenvalue weighted by Gasteiger charge is -2.09. The molecule has 0 spiro atoms. The molecule has 102 valence electrons. The number of fused-ring (bicyclic) bond motifs is 1. The van der Waals surface area contributed by atoms with Gasteiger partial charge < -0.3 is 0 Å². The molecular weight excluding hydrogens is 322 g/mol. The van der Waals surface area contributed by atoms with Crippen molar-refractivity contribution in [1.82, 2.24) is 9.55 Å². The largest absolute Gasteiger partial charge is 0.292 e. The molecule has 0 saturated carbocycles. The van der Waals surface area contributed by atoms with Crippen LogP contribution in [-0.4, -0.2) is 9.55 Å². The summed E-state index contributed by atoms with van der Waals surface area (Å²) in [6.07, 6.45) is 0. The van der Waals surface area contributed by atoms with Crippen molar-refractivity contribution in [2.75, 3.05) is 0 Å². The Labute approximate surface area is 129 Å². The summed E-state index contributed by atoms with van der Waals surface area (Å²) >= 11 is 17.8. The number of nitrogens with zero attached hydrogens (tertiary/aromatic N) is 2. The van der Waals surface area contributed by atoms with Crippen LogP contribution in [0.3, 0.4) is 0 Å². The maximum atomic E-state index is 14.1. The Morgan fingerprint density at radius 3 is 2.65 bits per heavy atom. The molecular formula is C14H8Cl3FN2. The topological polar surface area (TPSA) is 17.8 Å². The van der Waals surface area contributed by atoms with Gasteiger partial charge in [0.25, 0.3) is 0 Å². The summed E-state index contributed by atoms with van der Waals surface area (Å²) in [5, 5.41) is 0.836. The van der Waals surface area contributed by atoms with Crippen LogP contribution < -0.4 is 0 Å². The Morgan fingerprint density at radius 1 is 1.15 bits per heavy atom. The third kappa shape index (κ3) is 2.16. The van der Waals surface area contributed by atoms with Crippen LogP contribution in [0, 0.1) is 5.82 Å². The van der Waals surface area contributed by atoms with Crippen LogP contribution in [0.5, 0.6) is 0 Å². The van der Waals surface area contributed by atoms with E-state index >= 15 is 0 Å². The molecule has 0 atom stereocenters. The number of hydrogen-bond acceptors (Lipinski definition) is 1. The molecule has 0 amide bonds. The van der Waals surface area contributed by atoms with Crippen LogP contribution >= 0.6 is 34.8 Å². The Hall–Kier alpha value is -1.29. The monoisotopic (exact) mass is 328 g/mol. The molecule has 0 aliphatic rings. The van der Waals surface area contributed by atoms with Crippen molar-refractivity contribution in [3.63, 3.8) is 0 Å². The number of aromatic nitrogens is 2. The van der Waals surface area contributed by atoms with Gasteiger partial charge in [0.05, 0.1) is 22.1 Å². The third-order valence-electron chi connectivity index (χ3n) is 2.98. The van der Waals surface area contributed by atoms with Gasteiger partial charge in [-0.3, -0.25) is 4.57 Å². The highest BCUT2D eigenvalue weighted by Crippen LogP contribution is 2.29. The number of imidazole rings is 1. The smallest absolute Gasteiger partial charge is 0.148 e. The van der Waals surface area contributed by atoms with Gasteiger partial charge in [-0.05, 0) is 30.3 Å². The molecule has 3 rings (SSSR count). The molecule has 2 nitrogen and oxygen atoms in total. The van der Waals surface area contributed by atoms with E-state index in [0.717, 1.165) is 0 Å². The second kappa shape index (κ2) is 5.24. The van der Waals surface area contributed by atoms with Crippen LogP contribution in [0.2, 0.25) is 10.0 Å². The van der Waals surface area contributed by atoms with Gasteiger partial charge in [-0.15, -0.1) is 11.6 Å². The molecule has 0 aliphatic heterocycles. The van der Waals surface area contributed by atoms with Gasteiger partial charge in [-0.2, -0.15) is 0 Å². The normalized spacial score (nSPS) is 11.2. The van der Waals surface area contributed by atoms with E-state index in [2.05, 4.69) is 4.98 Å². The second-order valence-corrected chi connectivity index (χ2v) is 5.31. The predicted molar refractivity (Wildman–Crippen MR) is 80.6 cm³/mol. The summed E-state index contributed by atoms with van der Waals surface area (Å²) in [7, 11) is 0. The Kier molecular flexibility index (Phi) is 3.59. The summed E-state index contributed by atoms with van der Waals surface area (Å²) < 4.78 is 15.8. The fourth-order valence-corrected chi connectivity index (χ4v) is 2.68. The quantitative estimate of drug-likeness (QED) is 0.590. The summed E-state index contributed by atoms with van der Waals surface area (Å²) in [5.41, 5.74) is 1.64. The highest BCUT2D eigenvalue weighted by Gasteiger charge is 2.16. The fraction of sp³-hybridized carbons (Fsp3) is 0.0714. The lowest BCUT2D eigenvalue weighted by Crippen LogP contribution is -2.01. The molecule has 0 bridgehead atoms. The van der Waals surface area contributed by atoms with Gasteiger partial charge in [-0.25, -0.2) is 9.37 Å². The van der Waals surface area contributed by atoms with E-state index in [1.165, 1.54) is 6.07 Å². The molecule has 6 heteroatoms. The first kappa shape index (κ1) is 13.7. The fourth-order valence-electron chi connectivity index (χ4n) is 2.13. The minimum absolute atomic E-state index is 0.146. The maximum absolute atomic E-state index is 14.1. The van der Waals surface area contributed by atoms with E-state index in [1.54, 1.807) is 28.8 Å². The predicted octanol–water partition coefficient (Wildman–Crippen LogP) is 5.21. The Bertz CT molecular complexity index is 798. The van der Waals surface area contributed by atoms with Crippen LogP contribution in [0.4, 0.5) is 4.39 Å². The number of hydrogen-bond donors (Lipinski definition) is 0. The van der Waals surface area contributed by atoms with Crippen LogP contribution in [-0.2, 0) is 5.88 Å². The van der Waals surface area contributed by atoms with Gasteiger partial charge in [0, 0.05) is 5.02 Å². The van der Waals surface area contributed by atoms with Crippen LogP contribution in [0.15, 0.2) is 36.4 Å². The van der Waals surface area contributed by atoms with Crippen LogP contribution in [0.1, 0.15) is 5.82 Å². The third-order valence-corrected chi connectivity index (χ3v) is 3.75. The highest BCUT2D eigenvalue weighted by atomic mass is 35.5. The highest BCUT2D eigenvalue weighted by molar-refractivity contribution is 6.35. The number of halogens is 4. The van der Waals surface area contributed by atoms with Gasteiger partial charge >= 0.3 is 0 Å². The van der Waals surface area contributed by atoms with Gasteiger partial charge in [0.15, 0.2) is 0 Å². The molecule has 1 heterocycles. The SMILES string of the molecule is Fc1cc(Cl)ccc1-n1c(CCl)nc2c(Cl)cccc21. The molecule has 0 unspecified atom stereocenters. The minimum atomic E-state index is -0.442. The molecule has 2 aromatic carbocycles. The molecule has 0 aliphatic carbocycles. The zero-order valence-corrected chi connectivity index (χ0v) is 12.3. The first-order chi connectivity index (χ1) is 9.61. The van der Waals surface area contributed by atoms with Crippen LogP contribution in [0.25, 0.3) is 16.7 Å². The van der Waals surface area contributed by atoms with E-state index in [0.29, 0.717) is 32.6 Å². The zero-order valence-electron chi connectivity index (χ0n) is 10.1. The summed E-state index contributed by atoms with van der Waals surface area (Å²) in [5.74, 6) is 0.228. The first-order valence-corrected chi connectivity index (χ1v) is 7.08. The lowest BCUT2D eigenvalue weighted by atomic mass is 10.2. The number of para-hydroxylation sites is 1. The number of rotatable bonds is 2. The molecule has 0 saturated heterocycles. The maximum Gasteiger partial charge on any atom is 0.148 e. The van der Waals surface area contributed by atoms with Crippen molar-refractivity contribution < 1.29 is 4.39 Å². The molecule has 0 radical (unpaired) electrons. The average molecular weight is 330 g/mol. The van der Waals surface area contributed by atoms with Crippen molar-refractivity contribution in [2.45, 2.75) is 5.88 Å². The zero-order chi connectivity index (χ0) is 14.3. The minimum Gasteiger partial charge on any atom is -0.292 e. The van der Waals surface area contributed by atoms with Crippen molar-refractivity contribution in [1.29, 1.82) is 0 Å². The Balaban J connectivity index is 2.37. The van der Waals surface area contributed by atoms with Gasteiger partial charge in [-0.1, -0.05) is 29.3 Å². The molecule has 3 aromatic rings. The van der Waals surface area contributed by atoms with E-state index in [1.807, 2.05) is 6.07 Å². The van der Waals surface area contributed by atoms with Gasteiger partial charge in [0.1, 0.15) is 17.2 Å². The summed E-state index contributed by atoms with van der Waals surface area (Å²) in [4.78, 5) is 4.37. The molecule has 1 aromatic heterocycles. The number of alkyl halides is 1. The second-order valence-electron chi connectivity index (χ2n) is 4.20. The summed E-state index contributed by atoms with van der Waals surface area (Å²) in [6, 6.07) is 9.81. The van der Waals surface area contributed by atoms with Crippen molar-refractivity contribution in [3.05, 3.63) is 58.1 Å². The lowest BCUT2D eigenvalue weighted by molar-refractivity contribution is 0.618. The van der Waals surface area contributed by atoms with E-state index in [4.69, 9.17) is 34.8 Å². The van der Waals surface area contributed by atoms with Crippen molar-refractivity contribution in [2.24, 2.45) is 0 Å². The van der Waals surface area contributed by atoms with Crippen molar-refractivity contribution >= 4 is 45.8 Å². The van der Waals surface area contributed by atoms with Crippen molar-refractivity contribution in [3.8, 4) is 5.69 Å². The average Bonchev–Trinajstić information content (AvgIpc) is 2.79.